The van der Waals surface area contributed by atoms with Gasteiger partial charge in [0.15, 0.2) is 5.82 Å². The predicted octanol–water partition coefficient (Wildman–Crippen LogP) is 3.23. The van der Waals surface area contributed by atoms with Gasteiger partial charge in [-0.05, 0) is 24.3 Å². The van der Waals surface area contributed by atoms with Crippen LogP contribution in [0.25, 0.3) is 22.4 Å². The highest BCUT2D eigenvalue weighted by molar-refractivity contribution is 5.92. The molecule has 0 atom stereocenters. The smallest absolute Gasteiger partial charge is 0.232 e. The Morgan fingerprint density at radius 1 is 0.880 bits per heavy atom. The Labute approximate surface area is 143 Å². The van der Waals surface area contributed by atoms with Crippen molar-refractivity contribution in [3.8, 4) is 17.4 Å². The number of hydrogen-bond donors (Lipinski definition) is 1. The van der Waals surface area contributed by atoms with Crippen molar-refractivity contribution in [2.24, 2.45) is 0 Å². The molecule has 0 aliphatic rings. The summed E-state index contributed by atoms with van der Waals surface area (Å²) in [6.45, 7) is 0. The lowest BCUT2D eigenvalue weighted by atomic mass is 10.2. The van der Waals surface area contributed by atoms with Crippen LogP contribution in [-0.2, 0) is 0 Å². The summed E-state index contributed by atoms with van der Waals surface area (Å²) >= 11 is 0. The van der Waals surface area contributed by atoms with E-state index in [0.717, 1.165) is 16.6 Å². The normalized spacial score (nSPS) is 10.6. The molecule has 7 heteroatoms. The summed E-state index contributed by atoms with van der Waals surface area (Å²) in [5, 5.41) is 4.23. The molecule has 7 nitrogen and oxygen atoms in total. The fraction of sp³-hybridized carbons (Fsp3) is 0.0556. The highest BCUT2D eigenvalue weighted by atomic mass is 16.5. The molecule has 0 saturated carbocycles. The minimum absolute atomic E-state index is 0.415. The molecular weight excluding hydrogens is 316 g/mol. The minimum atomic E-state index is 0.415. The lowest BCUT2D eigenvalue weighted by Crippen LogP contribution is -2.01. The first-order valence-corrected chi connectivity index (χ1v) is 7.64. The van der Waals surface area contributed by atoms with Crippen molar-refractivity contribution in [3.63, 3.8) is 0 Å². The topological polar surface area (TPSA) is 85.7 Å². The second-order valence-corrected chi connectivity index (χ2v) is 5.22. The molecule has 122 valence electrons. The fourth-order valence-corrected chi connectivity index (χ4v) is 2.41. The van der Waals surface area contributed by atoms with E-state index < -0.39 is 0 Å². The van der Waals surface area contributed by atoms with E-state index in [-0.39, 0.29) is 0 Å². The second-order valence-electron chi connectivity index (χ2n) is 5.22. The Morgan fingerprint density at radius 2 is 1.72 bits per heavy atom. The van der Waals surface area contributed by atoms with E-state index in [4.69, 9.17) is 4.74 Å². The van der Waals surface area contributed by atoms with Crippen LogP contribution < -0.4 is 10.1 Å². The van der Waals surface area contributed by atoms with Gasteiger partial charge in [0.05, 0.1) is 25.0 Å². The molecule has 0 spiro atoms. The van der Waals surface area contributed by atoms with E-state index in [1.807, 2.05) is 36.4 Å². The Balaban J connectivity index is 1.86. The van der Waals surface area contributed by atoms with Crippen LogP contribution >= 0.6 is 0 Å². The molecule has 0 radical (unpaired) electrons. The lowest BCUT2D eigenvalue weighted by molar-refractivity contribution is 0.396. The number of nitrogens with one attached hydrogen (secondary N) is 1. The number of ether oxygens (including phenoxy) is 1. The lowest BCUT2D eigenvalue weighted by Gasteiger charge is -2.10. The van der Waals surface area contributed by atoms with Crippen molar-refractivity contribution < 1.29 is 4.74 Å². The van der Waals surface area contributed by atoms with E-state index in [1.54, 1.807) is 31.9 Å². The first-order chi connectivity index (χ1) is 12.3. The number of fused-ring (bicyclic) bond motifs is 1. The van der Waals surface area contributed by atoms with Gasteiger partial charge in [-0.2, -0.15) is 0 Å². The van der Waals surface area contributed by atoms with Gasteiger partial charge in [0.1, 0.15) is 11.5 Å². The summed E-state index contributed by atoms with van der Waals surface area (Å²) < 4.78 is 5.14. The van der Waals surface area contributed by atoms with Crippen LogP contribution in [0, 0.1) is 0 Å². The number of hydrogen-bond acceptors (Lipinski definition) is 7. The molecule has 1 N–H and O–H groups in total. The van der Waals surface area contributed by atoms with Gasteiger partial charge in [0, 0.05) is 23.5 Å². The first-order valence-electron chi connectivity index (χ1n) is 7.64. The van der Waals surface area contributed by atoms with Gasteiger partial charge in [-0.1, -0.05) is 12.1 Å². The number of aromatic nitrogens is 5. The molecule has 0 bridgehead atoms. The van der Waals surface area contributed by atoms with Crippen LogP contribution in [0.3, 0.4) is 0 Å². The number of anilines is 2. The fourth-order valence-electron chi connectivity index (χ4n) is 2.41. The molecule has 3 aromatic heterocycles. The number of benzene rings is 1. The van der Waals surface area contributed by atoms with Crippen molar-refractivity contribution in [1.82, 2.24) is 24.9 Å². The first kappa shape index (κ1) is 14.9. The van der Waals surface area contributed by atoms with Crippen LogP contribution in [-0.4, -0.2) is 32.0 Å². The van der Waals surface area contributed by atoms with E-state index in [1.165, 1.54) is 0 Å². The zero-order valence-electron chi connectivity index (χ0n) is 13.4. The molecule has 4 rings (SSSR count). The number of methoxy groups -OCH3 is 1. The Kier molecular flexibility index (Phi) is 3.88. The molecule has 0 aliphatic carbocycles. The molecule has 0 saturated heterocycles. The summed E-state index contributed by atoms with van der Waals surface area (Å²) in [4.78, 5) is 21.8. The van der Waals surface area contributed by atoms with Crippen molar-refractivity contribution in [3.05, 3.63) is 61.2 Å². The molecule has 0 amide bonds. The third-order valence-corrected chi connectivity index (χ3v) is 3.60. The highest BCUT2D eigenvalue weighted by Crippen LogP contribution is 2.26. The third kappa shape index (κ3) is 3.07. The largest absolute Gasteiger partial charge is 0.480 e. The van der Waals surface area contributed by atoms with Crippen molar-refractivity contribution in [2.75, 3.05) is 12.4 Å². The number of pyridine rings is 1. The van der Waals surface area contributed by atoms with Crippen molar-refractivity contribution >= 4 is 22.4 Å². The average Bonchev–Trinajstić information content (AvgIpc) is 2.69. The predicted molar refractivity (Wildman–Crippen MR) is 94.6 cm³/mol. The maximum atomic E-state index is 5.14. The van der Waals surface area contributed by atoms with Crippen molar-refractivity contribution in [1.29, 1.82) is 0 Å². The van der Waals surface area contributed by atoms with E-state index >= 15 is 0 Å². The second kappa shape index (κ2) is 6.48. The number of rotatable bonds is 4. The third-order valence-electron chi connectivity index (χ3n) is 3.60. The quantitative estimate of drug-likeness (QED) is 0.615. The highest BCUT2D eigenvalue weighted by Gasteiger charge is 2.11. The number of nitrogens with zero attached hydrogens (tertiary/aromatic N) is 5. The van der Waals surface area contributed by atoms with Crippen molar-refractivity contribution in [2.45, 2.75) is 0 Å². The summed E-state index contributed by atoms with van der Waals surface area (Å²) in [6.07, 6.45) is 6.60. The molecule has 0 unspecified atom stereocenters. The maximum absolute atomic E-state index is 5.14. The zero-order valence-corrected chi connectivity index (χ0v) is 13.4. The van der Waals surface area contributed by atoms with Crippen LogP contribution in [0.2, 0.25) is 0 Å². The summed E-state index contributed by atoms with van der Waals surface area (Å²) in [6, 6.07) is 11.6. The molecular formula is C18H14N6O. The monoisotopic (exact) mass is 330 g/mol. The van der Waals surface area contributed by atoms with Gasteiger partial charge in [0.25, 0.3) is 0 Å². The molecule has 1 aromatic carbocycles. The SMILES string of the molecule is COc1cncc(-c2nc(Nc3ccncc3)c3ccccc3n2)n1. The van der Waals surface area contributed by atoms with E-state index in [9.17, 15) is 0 Å². The Hall–Kier alpha value is -3.61. The number of para-hydroxylation sites is 1. The van der Waals surface area contributed by atoms with E-state index in [2.05, 4.69) is 30.2 Å². The zero-order chi connectivity index (χ0) is 17.1. The van der Waals surface area contributed by atoms with Crippen LogP contribution in [0.15, 0.2) is 61.2 Å². The van der Waals surface area contributed by atoms with Gasteiger partial charge >= 0.3 is 0 Å². The van der Waals surface area contributed by atoms with Gasteiger partial charge in [-0.15, -0.1) is 0 Å². The summed E-state index contributed by atoms with van der Waals surface area (Å²) in [5.41, 5.74) is 2.25. The van der Waals surface area contributed by atoms with Gasteiger partial charge in [0.2, 0.25) is 5.88 Å². The molecule has 0 fully saturated rings. The van der Waals surface area contributed by atoms with Gasteiger partial charge in [-0.25, -0.2) is 15.0 Å². The standard InChI is InChI=1S/C18H14N6O/c1-25-16-11-20-10-15(22-16)18-23-14-5-3-2-4-13(14)17(24-18)21-12-6-8-19-9-7-12/h2-11H,1H3,(H,19,21,23,24). The van der Waals surface area contributed by atoms with Gasteiger partial charge in [-0.3, -0.25) is 9.97 Å². The van der Waals surface area contributed by atoms with Crippen LogP contribution in [0.1, 0.15) is 0 Å². The minimum Gasteiger partial charge on any atom is -0.480 e. The molecule has 3 heterocycles. The average molecular weight is 330 g/mol. The van der Waals surface area contributed by atoms with Crippen LogP contribution in [0.4, 0.5) is 11.5 Å². The Bertz CT molecular complexity index is 1020. The van der Waals surface area contributed by atoms with Gasteiger partial charge < -0.3 is 10.1 Å². The Morgan fingerprint density at radius 3 is 2.56 bits per heavy atom. The molecule has 0 aliphatic heterocycles. The van der Waals surface area contributed by atoms with Crippen LogP contribution in [0.5, 0.6) is 5.88 Å². The van der Waals surface area contributed by atoms with E-state index in [0.29, 0.717) is 23.2 Å². The maximum Gasteiger partial charge on any atom is 0.232 e. The molecule has 4 aromatic rings. The summed E-state index contributed by atoms with van der Waals surface area (Å²) in [5.74, 6) is 1.58. The molecule has 25 heavy (non-hydrogen) atoms. The summed E-state index contributed by atoms with van der Waals surface area (Å²) in [7, 11) is 1.55.